The van der Waals surface area contributed by atoms with Crippen LogP contribution in [0.3, 0.4) is 0 Å². The quantitative estimate of drug-likeness (QED) is 0.662. The molecule has 0 aliphatic carbocycles. The van der Waals surface area contributed by atoms with E-state index >= 15 is 0 Å². The van der Waals surface area contributed by atoms with Crippen molar-refractivity contribution >= 4 is 20.0 Å². The number of sulfonamides is 2. The van der Waals surface area contributed by atoms with Crippen LogP contribution in [0.5, 0.6) is 0 Å². The number of nitrogens with one attached hydrogen (secondary N) is 1. The number of benzene rings is 1. The van der Waals surface area contributed by atoms with Gasteiger partial charge in [-0.15, -0.1) is 0 Å². The molecular formula is C17H29N3O4S2. The van der Waals surface area contributed by atoms with Crippen LogP contribution in [0.4, 0.5) is 0 Å². The molecular weight excluding hydrogens is 374 g/mol. The van der Waals surface area contributed by atoms with Gasteiger partial charge in [0.25, 0.3) is 0 Å². The number of hydrogen-bond donors (Lipinski definition) is 1. The molecule has 1 aromatic carbocycles. The van der Waals surface area contributed by atoms with Crippen molar-refractivity contribution in [2.24, 2.45) is 5.92 Å². The van der Waals surface area contributed by atoms with Crippen molar-refractivity contribution in [3.63, 3.8) is 0 Å². The van der Waals surface area contributed by atoms with E-state index < -0.39 is 20.0 Å². The van der Waals surface area contributed by atoms with Gasteiger partial charge in [0.05, 0.1) is 9.79 Å². The molecule has 1 fully saturated rings. The summed E-state index contributed by atoms with van der Waals surface area (Å²) in [5, 5.41) is 0. The second kappa shape index (κ2) is 8.79. The van der Waals surface area contributed by atoms with E-state index in [1.54, 1.807) is 0 Å². The number of nitrogens with zero attached hydrogens (tertiary/aromatic N) is 2. The average Bonchev–Trinajstić information content (AvgIpc) is 2.59. The average molecular weight is 404 g/mol. The predicted molar refractivity (Wildman–Crippen MR) is 102 cm³/mol. The maximum absolute atomic E-state index is 12.3. The Hall–Kier alpha value is -1.00. The van der Waals surface area contributed by atoms with E-state index in [0.717, 1.165) is 30.4 Å². The third-order valence-electron chi connectivity index (χ3n) is 4.60. The Labute approximate surface area is 157 Å². The molecule has 0 aromatic heterocycles. The van der Waals surface area contributed by atoms with Crippen molar-refractivity contribution in [2.75, 3.05) is 40.3 Å². The maximum atomic E-state index is 12.3. The Morgan fingerprint density at radius 1 is 1.12 bits per heavy atom. The summed E-state index contributed by atoms with van der Waals surface area (Å²) in [5.74, 6) is 0.706. The van der Waals surface area contributed by atoms with E-state index in [2.05, 4.69) is 16.5 Å². The van der Waals surface area contributed by atoms with Crippen LogP contribution in [0.15, 0.2) is 34.1 Å². The minimum absolute atomic E-state index is 0.0701. The molecule has 1 atom stereocenters. The molecule has 0 radical (unpaired) electrons. The lowest BCUT2D eigenvalue weighted by molar-refractivity contribution is 0.182. The Balaban J connectivity index is 1.89. The van der Waals surface area contributed by atoms with E-state index in [9.17, 15) is 16.8 Å². The molecule has 0 spiro atoms. The zero-order valence-electron chi connectivity index (χ0n) is 15.7. The lowest BCUT2D eigenvalue weighted by Gasteiger charge is -2.30. The Bertz CT molecular complexity index is 790. The smallest absolute Gasteiger partial charge is 0.242 e. The van der Waals surface area contributed by atoms with Crippen molar-refractivity contribution in [3.05, 3.63) is 24.3 Å². The lowest BCUT2D eigenvalue weighted by Crippen LogP contribution is -2.36. The molecule has 1 saturated heterocycles. The third kappa shape index (κ3) is 5.50. The van der Waals surface area contributed by atoms with Gasteiger partial charge < -0.3 is 4.90 Å². The van der Waals surface area contributed by atoms with Crippen molar-refractivity contribution in [3.8, 4) is 0 Å². The summed E-state index contributed by atoms with van der Waals surface area (Å²) in [4.78, 5) is 2.52. The first-order chi connectivity index (χ1) is 12.1. The largest absolute Gasteiger partial charge is 0.303 e. The van der Waals surface area contributed by atoms with E-state index in [1.807, 2.05) is 0 Å². The monoisotopic (exact) mass is 403 g/mol. The van der Waals surface area contributed by atoms with Gasteiger partial charge in [-0.05, 0) is 62.5 Å². The van der Waals surface area contributed by atoms with Crippen LogP contribution in [-0.4, -0.2) is 66.3 Å². The van der Waals surface area contributed by atoms with Crippen LogP contribution < -0.4 is 4.72 Å². The molecule has 2 rings (SSSR count). The molecule has 148 valence electrons. The first-order valence-electron chi connectivity index (χ1n) is 8.87. The second-order valence-electron chi connectivity index (χ2n) is 7.06. The van der Waals surface area contributed by atoms with Crippen LogP contribution in [0.25, 0.3) is 0 Å². The van der Waals surface area contributed by atoms with Gasteiger partial charge in [0, 0.05) is 27.2 Å². The van der Waals surface area contributed by atoms with Gasteiger partial charge in [-0.2, -0.15) is 0 Å². The topological polar surface area (TPSA) is 86.8 Å². The first-order valence-corrected chi connectivity index (χ1v) is 11.8. The highest BCUT2D eigenvalue weighted by atomic mass is 32.2. The zero-order valence-corrected chi connectivity index (χ0v) is 17.3. The molecule has 1 aromatic rings. The summed E-state index contributed by atoms with van der Waals surface area (Å²) in [6.07, 6.45) is 3.22. The van der Waals surface area contributed by atoms with Crippen LogP contribution in [-0.2, 0) is 20.0 Å². The summed E-state index contributed by atoms with van der Waals surface area (Å²) in [5.41, 5.74) is 0. The van der Waals surface area contributed by atoms with Gasteiger partial charge >= 0.3 is 0 Å². The molecule has 1 unspecified atom stereocenters. The number of rotatable bonds is 8. The van der Waals surface area contributed by atoms with Gasteiger partial charge in [-0.1, -0.05) is 6.92 Å². The van der Waals surface area contributed by atoms with Gasteiger partial charge in [0.2, 0.25) is 20.0 Å². The molecule has 0 amide bonds. The number of piperidine rings is 1. The zero-order chi connectivity index (χ0) is 19.4. The molecule has 0 bridgehead atoms. The standard InChI is InChI=1S/C17H29N3O4S2/c1-15-6-4-12-20(14-15)13-5-11-18-25(21,22)16-7-9-17(10-8-16)26(23,24)19(2)3/h7-10,15,18H,4-6,11-14H2,1-3H3. The first kappa shape index (κ1) is 21.3. The highest BCUT2D eigenvalue weighted by Gasteiger charge is 2.20. The Morgan fingerprint density at radius 2 is 1.73 bits per heavy atom. The molecule has 1 aliphatic heterocycles. The van der Waals surface area contributed by atoms with E-state index in [-0.39, 0.29) is 9.79 Å². The molecule has 9 heteroatoms. The Morgan fingerprint density at radius 3 is 2.31 bits per heavy atom. The molecule has 26 heavy (non-hydrogen) atoms. The normalized spacial score (nSPS) is 19.8. The molecule has 1 aliphatic rings. The van der Waals surface area contributed by atoms with Crippen LogP contribution in [0.1, 0.15) is 26.2 Å². The van der Waals surface area contributed by atoms with Gasteiger partial charge in [0.1, 0.15) is 0 Å². The van der Waals surface area contributed by atoms with E-state index in [1.165, 1.54) is 51.2 Å². The maximum Gasteiger partial charge on any atom is 0.242 e. The fourth-order valence-corrected chi connectivity index (χ4v) is 5.06. The van der Waals surface area contributed by atoms with Crippen LogP contribution in [0.2, 0.25) is 0 Å². The predicted octanol–water partition coefficient (Wildman–Crippen LogP) is 1.34. The second-order valence-corrected chi connectivity index (χ2v) is 11.0. The minimum atomic E-state index is -3.63. The molecule has 1 heterocycles. The van der Waals surface area contributed by atoms with Crippen LogP contribution >= 0.6 is 0 Å². The molecule has 0 saturated carbocycles. The van der Waals surface area contributed by atoms with E-state index in [0.29, 0.717) is 12.5 Å². The van der Waals surface area contributed by atoms with Gasteiger partial charge in [-0.25, -0.2) is 25.9 Å². The summed E-state index contributed by atoms with van der Waals surface area (Å²) in [6.45, 7) is 5.65. The number of likely N-dealkylation sites (tertiary alicyclic amines) is 1. The fourth-order valence-electron chi connectivity index (χ4n) is 3.08. The molecule has 1 N–H and O–H groups in total. The summed E-state index contributed by atoms with van der Waals surface area (Å²) in [7, 11) is -4.33. The highest BCUT2D eigenvalue weighted by molar-refractivity contribution is 7.89. The SMILES string of the molecule is CC1CCCN(CCCNS(=O)(=O)c2ccc(S(=O)(=O)N(C)C)cc2)C1. The summed E-state index contributed by atoms with van der Waals surface area (Å²) >= 11 is 0. The highest BCUT2D eigenvalue weighted by Crippen LogP contribution is 2.17. The number of hydrogen-bond acceptors (Lipinski definition) is 5. The van der Waals surface area contributed by atoms with Crippen LogP contribution in [0, 0.1) is 5.92 Å². The summed E-state index contributed by atoms with van der Waals surface area (Å²) in [6, 6.07) is 5.29. The minimum Gasteiger partial charge on any atom is -0.303 e. The van der Waals surface area contributed by atoms with Crippen molar-refractivity contribution in [1.29, 1.82) is 0 Å². The van der Waals surface area contributed by atoms with Crippen molar-refractivity contribution < 1.29 is 16.8 Å². The molecule has 7 nitrogen and oxygen atoms in total. The van der Waals surface area contributed by atoms with Gasteiger partial charge in [-0.3, -0.25) is 0 Å². The van der Waals surface area contributed by atoms with Gasteiger partial charge in [0.15, 0.2) is 0 Å². The van der Waals surface area contributed by atoms with E-state index in [4.69, 9.17) is 0 Å². The Kier molecular flexibility index (Phi) is 7.20. The lowest BCUT2D eigenvalue weighted by atomic mass is 10.0. The van der Waals surface area contributed by atoms with Crippen molar-refractivity contribution in [1.82, 2.24) is 13.9 Å². The fraction of sp³-hybridized carbons (Fsp3) is 0.647. The summed E-state index contributed by atoms with van der Waals surface area (Å²) < 4.78 is 52.4. The van der Waals surface area contributed by atoms with Crippen molar-refractivity contribution in [2.45, 2.75) is 36.0 Å². The third-order valence-corrected chi connectivity index (χ3v) is 7.90.